The van der Waals surface area contributed by atoms with Crippen LogP contribution in [0.1, 0.15) is 85.0 Å². The van der Waals surface area contributed by atoms with Crippen molar-refractivity contribution in [3.05, 3.63) is 153 Å². The highest BCUT2D eigenvalue weighted by Gasteiger charge is 2.47. The van der Waals surface area contributed by atoms with E-state index in [1.165, 1.54) is 74.5 Å². The van der Waals surface area contributed by atoms with Crippen molar-refractivity contribution in [2.75, 3.05) is 59.9 Å². The van der Waals surface area contributed by atoms with Gasteiger partial charge >= 0.3 is 48.4 Å². The van der Waals surface area contributed by atoms with Crippen LogP contribution in [-0.4, -0.2) is 113 Å². The van der Waals surface area contributed by atoms with E-state index in [1.54, 1.807) is 5.32 Å². The molecule has 0 bridgehead atoms. The summed E-state index contributed by atoms with van der Waals surface area (Å²) in [6, 6.07) is 17.3. The molecule has 0 fully saturated rings. The average molecular weight is 1340 g/mol. The van der Waals surface area contributed by atoms with E-state index < -0.39 is 122 Å². The van der Waals surface area contributed by atoms with Crippen molar-refractivity contribution in [3.63, 3.8) is 0 Å². The van der Waals surface area contributed by atoms with E-state index >= 15 is 0 Å². The fourth-order valence-corrected chi connectivity index (χ4v) is 10.3. The number of guanidine groups is 1. The summed E-state index contributed by atoms with van der Waals surface area (Å²) in [4.78, 5) is 105. The number of hydrogen-bond donors (Lipinski definition) is 2. The summed E-state index contributed by atoms with van der Waals surface area (Å²) >= 11 is 6.52. The number of Topliss-reactive ketones (excluding diaryl/α,β-unsaturated/α-hetero) is 2. The number of benzene rings is 4. The number of aliphatic imine (C=N–C) groups is 1. The third kappa shape index (κ3) is 16.0. The molecule has 0 aromatic heterocycles. The lowest BCUT2D eigenvalue weighted by molar-refractivity contribution is -0.171. The number of ketones is 2. The Morgan fingerprint density at radius 1 is 0.616 bits per heavy atom. The Bertz CT molecular complexity index is 3420. The summed E-state index contributed by atoms with van der Waals surface area (Å²) < 4.78 is 136. The predicted molar refractivity (Wildman–Crippen MR) is 298 cm³/mol. The Hall–Kier alpha value is -8.57. The van der Waals surface area contributed by atoms with Gasteiger partial charge in [-0.05, 0) is 98.5 Å². The fraction of sp³-hybridized carbons (Fsp3) is 0.333. The molecule has 2 aliphatic rings. The number of ether oxygens (including phenoxy) is 2. The van der Waals surface area contributed by atoms with E-state index in [9.17, 15) is 83.6 Å². The number of halogens is 11. The van der Waals surface area contributed by atoms with Gasteiger partial charge in [-0.15, -0.1) is 0 Å². The van der Waals surface area contributed by atoms with Crippen LogP contribution in [0.2, 0.25) is 0 Å². The second kappa shape index (κ2) is 29.0. The van der Waals surface area contributed by atoms with Crippen molar-refractivity contribution >= 4 is 90.7 Å². The number of amides is 5. The second-order valence-electron chi connectivity index (χ2n) is 18.7. The second-order valence-corrected chi connectivity index (χ2v) is 19.8. The van der Waals surface area contributed by atoms with Crippen molar-refractivity contribution in [2.24, 2.45) is 4.99 Å². The first-order valence-electron chi connectivity index (χ1n) is 25.9. The van der Waals surface area contributed by atoms with Gasteiger partial charge in [-0.2, -0.15) is 50.0 Å². The average Bonchev–Trinajstić information content (AvgIpc) is 0.784. The zero-order valence-electron chi connectivity index (χ0n) is 45.3. The third-order valence-corrected chi connectivity index (χ3v) is 14.1. The molecule has 454 valence electrons. The standard InChI is InChI=1S/C57H50Br2F9N9O9/c1-3-85-49(80)45-43(27-58)76(39-11-5-9-37(25-39)55(60,61)62)53(83)74(47(45)35-19-15-33(29-69)16-20-35)31-41(78)13-7-23-71-52(73-51(82)57(66,67)68)72-24-8-14-42(79)32-75-48(36-21-17-34(30-70)18-22-36)46(50(81)86-4-2)44(28-59)77(54(75)84)40-12-6-10-38(26-40)56(63,64)65/h5-6,9-12,15-22,25-26,47-48H,3-4,7-8,13-14,23-24,27-28,31-32H2,1-2H3,(H2,71,72,73,82)/t47-,48?/m1/s1. The highest BCUT2D eigenvalue weighted by molar-refractivity contribution is 9.09. The summed E-state index contributed by atoms with van der Waals surface area (Å²) in [5.41, 5.74) is -3.01. The number of anilines is 2. The van der Waals surface area contributed by atoms with Crippen LogP contribution >= 0.6 is 31.9 Å². The summed E-state index contributed by atoms with van der Waals surface area (Å²) in [6.45, 7) is 0.105. The van der Waals surface area contributed by atoms with Crippen molar-refractivity contribution in [1.29, 1.82) is 10.5 Å². The lowest BCUT2D eigenvalue weighted by Crippen LogP contribution is -2.53. The van der Waals surface area contributed by atoms with Crippen molar-refractivity contribution in [3.8, 4) is 12.1 Å². The van der Waals surface area contributed by atoms with Crippen LogP contribution in [-0.2, 0) is 45.8 Å². The molecule has 2 aliphatic heterocycles. The molecule has 1 unspecified atom stereocenters. The van der Waals surface area contributed by atoms with Gasteiger partial charge in [-0.3, -0.25) is 34.5 Å². The number of esters is 2. The zero-order chi connectivity index (χ0) is 63.3. The normalized spacial score (nSPS) is 16.0. The first-order chi connectivity index (χ1) is 40.7. The third-order valence-electron chi connectivity index (χ3n) is 13.0. The summed E-state index contributed by atoms with van der Waals surface area (Å²) in [5.74, 6) is -6.71. The van der Waals surface area contributed by atoms with E-state index in [0.717, 1.165) is 43.9 Å². The Labute approximate surface area is 502 Å². The minimum atomic E-state index is -5.44. The number of allylic oxidation sites excluding steroid dienone is 2. The molecule has 2 atom stereocenters. The van der Waals surface area contributed by atoms with Crippen LogP contribution in [0.15, 0.2) is 125 Å². The molecule has 0 radical (unpaired) electrons. The van der Waals surface area contributed by atoms with Crippen LogP contribution in [0.5, 0.6) is 0 Å². The number of rotatable bonds is 22. The summed E-state index contributed by atoms with van der Waals surface area (Å²) in [7, 11) is 0. The van der Waals surface area contributed by atoms with Crippen LogP contribution < -0.4 is 20.4 Å². The van der Waals surface area contributed by atoms with Gasteiger partial charge in [0, 0.05) is 36.6 Å². The molecular formula is C57H50Br2F9N9O9. The fourth-order valence-electron chi connectivity index (χ4n) is 9.20. The van der Waals surface area contributed by atoms with E-state index in [4.69, 9.17) is 9.47 Å². The van der Waals surface area contributed by atoms with Crippen molar-refractivity contribution in [2.45, 2.75) is 70.1 Å². The maximum atomic E-state index is 14.7. The number of nitrogens with one attached hydrogen (secondary N) is 2. The molecule has 4 aromatic carbocycles. The van der Waals surface area contributed by atoms with Gasteiger partial charge in [0.1, 0.15) is 0 Å². The molecule has 0 saturated heterocycles. The van der Waals surface area contributed by atoms with Gasteiger partial charge in [0.15, 0.2) is 17.5 Å². The van der Waals surface area contributed by atoms with E-state index in [-0.39, 0.29) is 99.4 Å². The molecular weight excluding hydrogens is 1290 g/mol. The van der Waals surface area contributed by atoms with E-state index in [1.807, 2.05) is 12.1 Å². The van der Waals surface area contributed by atoms with Crippen molar-refractivity contribution in [1.82, 2.24) is 20.4 Å². The number of hydrogen-bond acceptors (Lipinski definition) is 12. The molecule has 5 amide bonds. The maximum Gasteiger partial charge on any atom is 0.471 e. The molecule has 29 heteroatoms. The van der Waals surface area contributed by atoms with Gasteiger partial charge in [-0.25, -0.2) is 19.2 Å². The van der Waals surface area contributed by atoms with Crippen LogP contribution in [0.4, 0.5) is 60.5 Å². The number of nitriles is 2. The smallest absolute Gasteiger partial charge is 0.463 e. The number of alkyl halides is 11. The Morgan fingerprint density at radius 2 is 1.02 bits per heavy atom. The molecule has 18 nitrogen and oxygen atoms in total. The molecule has 86 heavy (non-hydrogen) atoms. The van der Waals surface area contributed by atoms with Gasteiger partial charge in [0.25, 0.3) is 0 Å². The topological polar surface area (TPSA) is 235 Å². The first kappa shape index (κ1) is 66.6. The predicted octanol–water partition coefficient (Wildman–Crippen LogP) is 10.9. The lowest BCUT2D eigenvalue weighted by atomic mass is 9.91. The van der Waals surface area contributed by atoms with Crippen LogP contribution in [0.25, 0.3) is 0 Å². The monoisotopic (exact) mass is 1330 g/mol. The highest BCUT2D eigenvalue weighted by Crippen LogP contribution is 2.44. The van der Waals surface area contributed by atoms with E-state index in [2.05, 4.69) is 42.2 Å². The molecule has 4 aromatic rings. The first-order valence-corrected chi connectivity index (χ1v) is 28.1. The SMILES string of the molecule is CCOC(=O)C1=C(CBr)N(c2cccc(C(F)(F)F)c2)C(=O)N(CC(=O)CCCNC(=NCCCC(=O)CN2C(=O)N(c3cccc(C(F)(F)F)c3)C(CBr)=C(C(=O)OCC)[C@H]2c2ccc(C#N)cc2)NC(=O)C(F)(F)F)C1c1ccc(C#N)cc1. The molecule has 0 spiro atoms. The number of urea groups is 2. The molecule has 0 saturated carbocycles. The van der Waals surface area contributed by atoms with Gasteiger partial charge in [-0.1, -0.05) is 68.3 Å². The zero-order valence-corrected chi connectivity index (χ0v) is 48.5. The van der Waals surface area contributed by atoms with Gasteiger partial charge in [0.2, 0.25) is 0 Å². The van der Waals surface area contributed by atoms with Crippen molar-refractivity contribution < 1.29 is 82.5 Å². The Kier molecular flexibility index (Phi) is 22.5. The molecule has 6 rings (SSSR count). The van der Waals surface area contributed by atoms with Gasteiger partial charge < -0.3 is 24.6 Å². The number of carbonyl (C=O) groups is 7. The maximum absolute atomic E-state index is 14.7. The van der Waals surface area contributed by atoms with Crippen LogP contribution in [0.3, 0.4) is 0 Å². The Balaban J connectivity index is 1.23. The molecule has 0 aliphatic carbocycles. The highest BCUT2D eigenvalue weighted by atomic mass is 79.9. The minimum absolute atomic E-state index is 0.132. The van der Waals surface area contributed by atoms with E-state index in [0.29, 0.717) is 12.1 Å². The number of nitrogens with zero attached hydrogens (tertiary/aromatic N) is 7. The number of carbonyl (C=O) groups excluding carboxylic acids is 7. The van der Waals surface area contributed by atoms with Gasteiger partial charge in [0.05, 0.1) is 107 Å². The lowest BCUT2D eigenvalue weighted by Gasteiger charge is -2.43. The summed E-state index contributed by atoms with van der Waals surface area (Å²) in [6.07, 6.45) is -16.6. The largest absolute Gasteiger partial charge is 0.471 e. The quantitative estimate of drug-likeness (QED) is 0.0187. The minimum Gasteiger partial charge on any atom is -0.463 e. The Morgan fingerprint density at radius 3 is 1.38 bits per heavy atom. The molecule has 2 heterocycles. The molecule has 2 N–H and O–H groups in total. The summed E-state index contributed by atoms with van der Waals surface area (Å²) in [5, 5.41) is 22.5. The van der Waals surface area contributed by atoms with Crippen LogP contribution in [0, 0.1) is 22.7 Å².